The molecule has 0 radical (unpaired) electrons. The van der Waals surface area contributed by atoms with Crippen LogP contribution in [0, 0.1) is 5.82 Å². The lowest BCUT2D eigenvalue weighted by atomic mass is 10.0. The first-order chi connectivity index (χ1) is 17.7. The molecule has 8 nitrogen and oxygen atoms in total. The van der Waals surface area contributed by atoms with Crippen LogP contribution in [0.5, 0.6) is 11.5 Å². The van der Waals surface area contributed by atoms with Crippen molar-refractivity contribution in [1.29, 1.82) is 0 Å². The summed E-state index contributed by atoms with van der Waals surface area (Å²) in [5, 5.41) is 12.8. The number of nitrogens with zero attached hydrogens (tertiary/aromatic N) is 6. The molecule has 0 aliphatic carbocycles. The number of hydrogen-bond acceptors (Lipinski definition) is 7. The van der Waals surface area contributed by atoms with Crippen LogP contribution in [0.1, 0.15) is 23.0 Å². The summed E-state index contributed by atoms with van der Waals surface area (Å²) in [7, 11) is 3.32. The molecule has 0 spiro atoms. The van der Waals surface area contributed by atoms with Crippen molar-refractivity contribution in [3.05, 3.63) is 95.6 Å². The Balaban J connectivity index is 1.45. The number of rotatable bonds is 8. The molecule has 1 fully saturated rings. The fraction of sp³-hybridized carbons (Fsp3) is 0.296. The van der Waals surface area contributed by atoms with Gasteiger partial charge in [0, 0.05) is 31.7 Å². The molecule has 0 amide bonds. The monoisotopic (exact) mass is 488 g/mol. The van der Waals surface area contributed by atoms with E-state index < -0.39 is 0 Å². The summed E-state index contributed by atoms with van der Waals surface area (Å²) in [6.45, 7) is 3.32. The molecule has 2 heterocycles. The summed E-state index contributed by atoms with van der Waals surface area (Å²) >= 11 is 0. The highest BCUT2D eigenvalue weighted by atomic mass is 19.1. The number of hydrogen-bond donors (Lipinski definition) is 0. The molecule has 1 atom stereocenters. The fourth-order valence-corrected chi connectivity index (χ4v) is 4.74. The van der Waals surface area contributed by atoms with E-state index in [-0.39, 0.29) is 11.9 Å². The summed E-state index contributed by atoms with van der Waals surface area (Å²) in [5.74, 6) is 2.11. The molecule has 1 aliphatic rings. The van der Waals surface area contributed by atoms with Gasteiger partial charge in [0.1, 0.15) is 23.4 Å². The van der Waals surface area contributed by atoms with Crippen molar-refractivity contribution < 1.29 is 13.9 Å². The number of para-hydroxylation sites is 2. The number of piperazine rings is 1. The average Bonchev–Trinajstić information content (AvgIpc) is 3.38. The normalized spacial score (nSPS) is 15.0. The Morgan fingerprint density at radius 2 is 1.58 bits per heavy atom. The molecular weight excluding hydrogens is 459 g/mol. The fourth-order valence-electron chi connectivity index (χ4n) is 4.74. The maximum absolute atomic E-state index is 14.4. The predicted molar refractivity (Wildman–Crippen MR) is 135 cm³/mol. The first-order valence-corrected chi connectivity index (χ1v) is 11.9. The smallest absolute Gasteiger partial charge is 0.173 e. The number of methoxy groups -OCH3 is 2. The minimum absolute atomic E-state index is 0.198. The van der Waals surface area contributed by atoms with Gasteiger partial charge in [-0.25, -0.2) is 9.07 Å². The summed E-state index contributed by atoms with van der Waals surface area (Å²) in [4.78, 5) is 4.43. The van der Waals surface area contributed by atoms with E-state index in [0.717, 1.165) is 28.5 Å². The van der Waals surface area contributed by atoms with Crippen molar-refractivity contribution in [3.63, 3.8) is 0 Å². The van der Waals surface area contributed by atoms with Crippen molar-refractivity contribution in [2.24, 2.45) is 0 Å². The molecule has 186 valence electrons. The lowest BCUT2D eigenvalue weighted by Gasteiger charge is -2.40. The lowest BCUT2D eigenvalue weighted by Crippen LogP contribution is -2.48. The Bertz CT molecular complexity index is 1290. The zero-order valence-corrected chi connectivity index (χ0v) is 20.4. The molecule has 1 aliphatic heterocycles. The van der Waals surface area contributed by atoms with E-state index in [9.17, 15) is 4.39 Å². The molecule has 36 heavy (non-hydrogen) atoms. The maximum atomic E-state index is 14.4. The molecule has 3 aromatic carbocycles. The SMILES string of the molecule is COc1ccc(Cn2nnnc2[C@H](c2ccccc2OC)N2CCN(c3ccccc3F)CC2)cc1. The van der Waals surface area contributed by atoms with E-state index >= 15 is 0 Å². The Morgan fingerprint density at radius 3 is 2.31 bits per heavy atom. The van der Waals surface area contributed by atoms with Gasteiger partial charge in [0.25, 0.3) is 0 Å². The lowest BCUT2D eigenvalue weighted by molar-refractivity contribution is 0.197. The molecule has 0 unspecified atom stereocenters. The Morgan fingerprint density at radius 1 is 0.861 bits per heavy atom. The largest absolute Gasteiger partial charge is 0.497 e. The highest BCUT2D eigenvalue weighted by molar-refractivity contribution is 5.48. The standard InChI is InChI=1S/C27H29FN6O2/c1-35-21-13-11-20(12-14-21)19-34-27(29-30-31-34)26(22-7-3-6-10-25(22)36-2)33-17-15-32(16-18-33)24-9-5-4-8-23(24)28/h3-14,26H,15-19H2,1-2H3/t26-/m0/s1. The minimum Gasteiger partial charge on any atom is -0.497 e. The molecule has 0 N–H and O–H groups in total. The van der Waals surface area contributed by atoms with Crippen molar-refractivity contribution in [2.45, 2.75) is 12.6 Å². The van der Waals surface area contributed by atoms with Gasteiger partial charge in [-0.3, -0.25) is 4.90 Å². The Labute approximate surface area is 209 Å². The third-order valence-electron chi connectivity index (χ3n) is 6.60. The van der Waals surface area contributed by atoms with Crippen molar-refractivity contribution >= 4 is 5.69 Å². The van der Waals surface area contributed by atoms with E-state index in [1.807, 2.05) is 59.3 Å². The molecule has 5 rings (SSSR count). The molecular formula is C27H29FN6O2. The second kappa shape index (κ2) is 10.7. The van der Waals surface area contributed by atoms with Gasteiger partial charge < -0.3 is 14.4 Å². The summed E-state index contributed by atoms with van der Waals surface area (Å²) in [6.07, 6.45) is 0. The highest BCUT2D eigenvalue weighted by Crippen LogP contribution is 2.35. The second-order valence-electron chi connectivity index (χ2n) is 8.66. The zero-order chi connectivity index (χ0) is 24.9. The van der Waals surface area contributed by atoms with E-state index in [1.165, 1.54) is 6.07 Å². The van der Waals surface area contributed by atoms with E-state index in [1.54, 1.807) is 20.3 Å². The zero-order valence-electron chi connectivity index (χ0n) is 20.4. The van der Waals surface area contributed by atoms with E-state index in [2.05, 4.69) is 31.4 Å². The van der Waals surface area contributed by atoms with Crippen LogP contribution in [0.3, 0.4) is 0 Å². The van der Waals surface area contributed by atoms with Crippen LogP contribution >= 0.6 is 0 Å². The Kier molecular flexibility index (Phi) is 7.08. The molecule has 4 aromatic rings. The van der Waals surface area contributed by atoms with E-state index in [4.69, 9.17) is 9.47 Å². The first-order valence-electron chi connectivity index (χ1n) is 11.9. The summed E-state index contributed by atoms with van der Waals surface area (Å²) in [6, 6.07) is 22.5. The van der Waals surface area contributed by atoms with Gasteiger partial charge in [-0.15, -0.1) is 5.10 Å². The van der Waals surface area contributed by atoms with Crippen LogP contribution in [0.4, 0.5) is 10.1 Å². The minimum atomic E-state index is -0.225. The molecule has 9 heteroatoms. The van der Waals surface area contributed by atoms with E-state index in [0.29, 0.717) is 38.4 Å². The number of halogens is 1. The molecule has 1 saturated heterocycles. The number of benzene rings is 3. The van der Waals surface area contributed by atoms with Gasteiger partial charge in [-0.05, 0) is 46.3 Å². The van der Waals surface area contributed by atoms with Crippen molar-refractivity contribution in [3.8, 4) is 11.5 Å². The third kappa shape index (κ3) is 4.87. The van der Waals surface area contributed by atoms with Crippen LogP contribution in [0.25, 0.3) is 0 Å². The third-order valence-corrected chi connectivity index (χ3v) is 6.60. The molecule has 0 bridgehead atoms. The van der Waals surface area contributed by atoms with Crippen LogP contribution < -0.4 is 14.4 Å². The number of aromatic nitrogens is 4. The van der Waals surface area contributed by atoms with Crippen molar-refractivity contribution in [1.82, 2.24) is 25.1 Å². The highest BCUT2D eigenvalue weighted by Gasteiger charge is 2.33. The molecule has 0 saturated carbocycles. The van der Waals surface area contributed by atoms with Gasteiger partial charge in [0.2, 0.25) is 0 Å². The number of ether oxygens (including phenoxy) is 2. The quantitative estimate of drug-likeness (QED) is 0.374. The average molecular weight is 489 g/mol. The Hall–Kier alpha value is -3.98. The second-order valence-corrected chi connectivity index (χ2v) is 8.66. The van der Waals surface area contributed by atoms with Gasteiger partial charge in [-0.2, -0.15) is 0 Å². The maximum Gasteiger partial charge on any atom is 0.173 e. The van der Waals surface area contributed by atoms with Crippen LogP contribution in [-0.4, -0.2) is 65.5 Å². The van der Waals surface area contributed by atoms with Crippen LogP contribution in [0.2, 0.25) is 0 Å². The summed E-state index contributed by atoms with van der Waals surface area (Å²) in [5.41, 5.74) is 2.69. The molecule has 1 aromatic heterocycles. The van der Waals surface area contributed by atoms with Gasteiger partial charge in [0.15, 0.2) is 5.82 Å². The van der Waals surface area contributed by atoms with Crippen LogP contribution in [0.15, 0.2) is 72.8 Å². The summed E-state index contributed by atoms with van der Waals surface area (Å²) < 4.78 is 27.3. The van der Waals surface area contributed by atoms with Crippen molar-refractivity contribution in [2.75, 3.05) is 45.3 Å². The first kappa shape index (κ1) is 23.7. The predicted octanol–water partition coefficient (Wildman–Crippen LogP) is 3.79. The van der Waals surface area contributed by atoms with Gasteiger partial charge in [-0.1, -0.05) is 42.5 Å². The van der Waals surface area contributed by atoms with Gasteiger partial charge >= 0.3 is 0 Å². The van der Waals surface area contributed by atoms with Crippen LogP contribution in [-0.2, 0) is 6.54 Å². The number of anilines is 1. The number of tetrazole rings is 1. The topological polar surface area (TPSA) is 68.5 Å². The van der Waals surface area contributed by atoms with Gasteiger partial charge in [0.05, 0.1) is 26.5 Å².